The first-order valence-electron chi connectivity index (χ1n) is 6.17. The predicted molar refractivity (Wildman–Crippen MR) is 89.1 cm³/mol. The molecule has 5 nitrogen and oxygen atoms in total. The third-order valence-corrected chi connectivity index (χ3v) is 4.40. The van der Waals surface area contributed by atoms with Crippen molar-refractivity contribution >= 4 is 37.5 Å². The van der Waals surface area contributed by atoms with Gasteiger partial charge in [0.05, 0.1) is 5.69 Å². The van der Waals surface area contributed by atoms with Gasteiger partial charge in [0.1, 0.15) is 0 Å². The second-order valence-electron chi connectivity index (χ2n) is 4.56. The number of nitrogens with zero attached hydrogens (tertiary/aromatic N) is 4. The number of anilines is 1. The van der Waals surface area contributed by atoms with E-state index in [1.165, 1.54) is 0 Å². The molecule has 0 atom stereocenters. The highest BCUT2D eigenvalue weighted by molar-refractivity contribution is 9.11. The van der Waals surface area contributed by atoms with Crippen LogP contribution in [0.4, 0.5) is 5.69 Å². The van der Waals surface area contributed by atoms with Crippen LogP contribution in [0, 0.1) is 6.92 Å². The number of benzene rings is 2. The topological polar surface area (TPSA) is 69.6 Å². The first-order chi connectivity index (χ1) is 10.1. The van der Waals surface area contributed by atoms with Crippen LogP contribution in [0.15, 0.2) is 45.3 Å². The van der Waals surface area contributed by atoms with Crippen molar-refractivity contribution in [1.82, 2.24) is 20.2 Å². The molecule has 21 heavy (non-hydrogen) atoms. The van der Waals surface area contributed by atoms with Gasteiger partial charge in [0.15, 0.2) is 5.82 Å². The van der Waals surface area contributed by atoms with Crippen LogP contribution in [0.2, 0.25) is 0 Å². The van der Waals surface area contributed by atoms with Crippen molar-refractivity contribution in [2.24, 2.45) is 0 Å². The number of aromatic nitrogens is 4. The maximum absolute atomic E-state index is 5.89. The molecule has 2 aromatic carbocycles. The van der Waals surface area contributed by atoms with E-state index in [1.807, 2.05) is 43.3 Å². The molecule has 0 bridgehead atoms. The minimum atomic E-state index is 0.646. The number of nitrogen functional groups attached to an aromatic ring is 1. The minimum Gasteiger partial charge on any atom is -0.399 e. The lowest BCUT2D eigenvalue weighted by molar-refractivity contribution is 0.786. The smallest absolute Gasteiger partial charge is 0.187 e. The second-order valence-corrected chi connectivity index (χ2v) is 6.27. The van der Waals surface area contributed by atoms with E-state index in [2.05, 4.69) is 47.4 Å². The number of aryl methyl sites for hydroxylation is 1. The first kappa shape index (κ1) is 14.2. The zero-order valence-corrected chi connectivity index (χ0v) is 14.3. The summed E-state index contributed by atoms with van der Waals surface area (Å²) >= 11 is 7.07. The Kier molecular flexibility index (Phi) is 3.77. The van der Waals surface area contributed by atoms with Crippen molar-refractivity contribution in [3.63, 3.8) is 0 Å². The van der Waals surface area contributed by atoms with Crippen LogP contribution in [0.25, 0.3) is 17.1 Å². The SMILES string of the molecule is Cc1ccc(N)cc1-c1nnnn1-c1c(Br)cccc1Br. The monoisotopic (exact) mass is 407 g/mol. The van der Waals surface area contributed by atoms with Gasteiger partial charge in [0, 0.05) is 20.2 Å². The molecular formula is C14H11Br2N5. The Bertz CT molecular complexity index is 793. The van der Waals surface area contributed by atoms with E-state index in [0.29, 0.717) is 11.5 Å². The molecule has 0 fully saturated rings. The van der Waals surface area contributed by atoms with E-state index in [1.54, 1.807) is 4.68 Å². The number of rotatable bonds is 2. The molecule has 1 aromatic heterocycles. The largest absolute Gasteiger partial charge is 0.399 e. The Morgan fingerprint density at radius 3 is 2.52 bits per heavy atom. The Hall–Kier alpha value is -1.73. The summed E-state index contributed by atoms with van der Waals surface area (Å²) in [5.41, 5.74) is 9.37. The highest BCUT2D eigenvalue weighted by Gasteiger charge is 2.17. The zero-order valence-electron chi connectivity index (χ0n) is 11.1. The summed E-state index contributed by atoms with van der Waals surface area (Å²) in [6.45, 7) is 2.00. The first-order valence-corrected chi connectivity index (χ1v) is 7.76. The van der Waals surface area contributed by atoms with Gasteiger partial charge in [0.2, 0.25) is 0 Å². The maximum atomic E-state index is 5.89. The van der Waals surface area contributed by atoms with Crippen LogP contribution in [-0.4, -0.2) is 20.2 Å². The molecule has 2 N–H and O–H groups in total. The van der Waals surface area contributed by atoms with Crippen molar-refractivity contribution in [3.05, 3.63) is 50.9 Å². The van der Waals surface area contributed by atoms with Gasteiger partial charge in [-0.15, -0.1) is 5.10 Å². The fourth-order valence-electron chi connectivity index (χ4n) is 2.08. The summed E-state index contributed by atoms with van der Waals surface area (Å²) in [5, 5.41) is 12.1. The van der Waals surface area contributed by atoms with Crippen LogP contribution in [0.3, 0.4) is 0 Å². The molecule has 0 radical (unpaired) electrons. The second kappa shape index (κ2) is 5.57. The van der Waals surface area contributed by atoms with E-state index < -0.39 is 0 Å². The lowest BCUT2D eigenvalue weighted by atomic mass is 10.1. The quantitative estimate of drug-likeness (QED) is 0.655. The maximum Gasteiger partial charge on any atom is 0.187 e. The van der Waals surface area contributed by atoms with Crippen LogP contribution in [-0.2, 0) is 0 Å². The lowest BCUT2D eigenvalue weighted by Gasteiger charge is -2.10. The highest BCUT2D eigenvalue weighted by atomic mass is 79.9. The lowest BCUT2D eigenvalue weighted by Crippen LogP contribution is -2.03. The molecule has 3 rings (SSSR count). The molecule has 1 heterocycles. The van der Waals surface area contributed by atoms with Gasteiger partial charge in [0.25, 0.3) is 0 Å². The van der Waals surface area contributed by atoms with Crippen molar-refractivity contribution < 1.29 is 0 Å². The van der Waals surface area contributed by atoms with E-state index in [4.69, 9.17) is 5.73 Å². The standard InChI is InChI=1S/C14H11Br2N5/c1-8-5-6-9(17)7-10(8)14-18-19-20-21(14)13-11(15)3-2-4-12(13)16/h2-7H,17H2,1H3. The molecule has 0 saturated heterocycles. The van der Waals surface area contributed by atoms with Gasteiger partial charge in [-0.2, -0.15) is 4.68 Å². The molecule has 0 unspecified atom stereocenters. The number of tetrazole rings is 1. The highest BCUT2D eigenvalue weighted by Crippen LogP contribution is 2.32. The number of hydrogen-bond donors (Lipinski definition) is 1. The van der Waals surface area contributed by atoms with Crippen LogP contribution in [0.5, 0.6) is 0 Å². The van der Waals surface area contributed by atoms with Gasteiger partial charge in [-0.3, -0.25) is 0 Å². The molecule has 0 amide bonds. The third-order valence-electron chi connectivity index (χ3n) is 3.12. The summed E-state index contributed by atoms with van der Waals surface area (Å²) in [7, 11) is 0. The van der Waals surface area contributed by atoms with Gasteiger partial charge in [-0.25, -0.2) is 0 Å². The van der Waals surface area contributed by atoms with E-state index in [0.717, 1.165) is 25.8 Å². The van der Waals surface area contributed by atoms with Crippen LogP contribution >= 0.6 is 31.9 Å². The molecule has 106 valence electrons. The Morgan fingerprint density at radius 1 is 1.10 bits per heavy atom. The molecule has 0 aliphatic rings. The molecule has 0 aliphatic carbocycles. The Labute approximate surface area is 138 Å². The zero-order chi connectivity index (χ0) is 15.0. The van der Waals surface area contributed by atoms with Crippen LogP contribution < -0.4 is 5.73 Å². The summed E-state index contributed by atoms with van der Waals surface area (Å²) in [6, 6.07) is 11.5. The Balaban J connectivity index is 2.25. The molecule has 0 aliphatic heterocycles. The molecule has 0 saturated carbocycles. The fourth-order valence-corrected chi connectivity index (χ4v) is 3.41. The van der Waals surface area contributed by atoms with Crippen molar-refractivity contribution in [3.8, 4) is 17.1 Å². The van der Waals surface area contributed by atoms with E-state index >= 15 is 0 Å². The average Bonchev–Trinajstić information content (AvgIpc) is 2.90. The average molecular weight is 409 g/mol. The molecule has 7 heteroatoms. The van der Waals surface area contributed by atoms with Crippen molar-refractivity contribution in [2.75, 3.05) is 5.73 Å². The number of halogens is 2. The van der Waals surface area contributed by atoms with Crippen LogP contribution in [0.1, 0.15) is 5.56 Å². The normalized spacial score (nSPS) is 10.8. The number of hydrogen-bond acceptors (Lipinski definition) is 4. The van der Waals surface area contributed by atoms with Crippen molar-refractivity contribution in [2.45, 2.75) is 6.92 Å². The van der Waals surface area contributed by atoms with Gasteiger partial charge in [-0.1, -0.05) is 12.1 Å². The predicted octanol–water partition coefficient (Wildman–Crippen LogP) is 3.74. The summed E-state index contributed by atoms with van der Waals surface area (Å²) < 4.78 is 3.48. The van der Waals surface area contributed by atoms with Gasteiger partial charge < -0.3 is 5.73 Å². The summed E-state index contributed by atoms with van der Waals surface area (Å²) in [6.07, 6.45) is 0. The number of para-hydroxylation sites is 1. The summed E-state index contributed by atoms with van der Waals surface area (Å²) in [5.74, 6) is 0.646. The minimum absolute atomic E-state index is 0.646. The number of nitrogens with two attached hydrogens (primary N) is 1. The van der Waals surface area contributed by atoms with E-state index in [9.17, 15) is 0 Å². The third kappa shape index (κ3) is 2.58. The Morgan fingerprint density at radius 2 is 1.81 bits per heavy atom. The molecular weight excluding hydrogens is 398 g/mol. The van der Waals surface area contributed by atoms with E-state index in [-0.39, 0.29) is 0 Å². The molecule has 0 spiro atoms. The van der Waals surface area contributed by atoms with Gasteiger partial charge in [-0.05, 0) is 79.0 Å². The summed E-state index contributed by atoms with van der Waals surface area (Å²) in [4.78, 5) is 0. The fraction of sp³-hybridized carbons (Fsp3) is 0.0714. The van der Waals surface area contributed by atoms with Crippen molar-refractivity contribution in [1.29, 1.82) is 0 Å². The van der Waals surface area contributed by atoms with Gasteiger partial charge >= 0.3 is 0 Å². The molecule has 3 aromatic rings.